The summed E-state index contributed by atoms with van der Waals surface area (Å²) in [5, 5.41) is 4.57. The molecule has 0 atom stereocenters. The number of benzene rings is 1. The van der Waals surface area contributed by atoms with Gasteiger partial charge in [-0.3, -0.25) is 4.98 Å². The number of hydrogen-bond donors (Lipinski definition) is 2. The van der Waals surface area contributed by atoms with Gasteiger partial charge in [0, 0.05) is 11.9 Å². The summed E-state index contributed by atoms with van der Waals surface area (Å²) >= 11 is 0. The number of anilines is 1. The maximum atomic E-state index is 5.45. The molecule has 0 unspecified atom stereocenters. The minimum Gasteiger partial charge on any atom is -0.384 e. The monoisotopic (exact) mass is 229 g/mol. The fraction of sp³-hybridized carbons (Fsp3) is 0.357. The van der Waals surface area contributed by atoms with Gasteiger partial charge in [-0.05, 0) is 31.5 Å². The van der Waals surface area contributed by atoms with Gasteiger partial charge in [0.2, 0.25) is 0 Å². The molecule has 17 heavy (non-hydrogen) atoms. The molecule has 0 aliphatic heterocycles. The number of fused-ring (bicyclic) bond motifs is 1. The predicted octanol–water partition coefficient (Wildman–Crippen LogP) is 2.78. The minimum absolute atomic E-state index is 0.789. The Kier molecular flexibility index (Phi) is 4.33. The Morgan fingerprint density at radius 2 is 2.00 bits per heavy atom. The Balaban J connectivity index is 1.90. The molecule has 0 aliphatic rings. The summed E-state index contributed by atoms with van der Waals surface area (Å²) in [7, 11) is 0. The predicted molar refractivity (Wildman–Crippen MR) is 73.1 cm³/mol. The first kappa shape index (κ1) is 11.9. The van der Waals surface area contributed by atoms with Gasteiger partial charge >= 0.3 is 0 Å². The van der Waals surface area contributed by atoms with Crippen LogP contribution in [0.2, 0.25) is 0 Å². The Morgan fingerprint density at radius 1 is 1.12 bits per heavy atom. The molecule has 1 aromatic heterocycles. The van der Waals surface area contributed by atoms with Crippen molar-refractivity contribution < 1.29 is 0 Å². The molecule has 90 valence electrons. The molecule has 0 aliphatic carbocycles. The van der Waals surface area contributed by atoms with Crippen LogP contribution in [0.5, 0.6) is 0 Å². The van der Waals surface area contributed by atoms with E-state index in [1.807, 2.05) is 24.4 Å². The fourth-order valence-corrected chi connectivity index (χ4v) is 1.85. The second-order valence-electron chi connectivity index (χ2n) is 4.19. The van der Waals surface area contributed by atoms with Crippen LogP contribution in [0.4, 0.5) is 5.69 Å². The normalized spacial score (nSPS) is 10.6. The van der Waals surface area contributed by atoms with Gasteiger partial charge in [-0.1, -0.05) is 24.6 Å². The topological polar surface area (TPSA) is 50.9 Å². The average molecular weight is 229 g/mol. The van der Waals surface area contributed by atoms with Crippen LogP contribution >= 0.6 is 0 Å². The van der Waals surface area contributed by atoms with E-state index in [-0.39, 0.29) is 0 Å². The van der Waals surface area contributed by atoms with Crippen LogP contribution in [0.3, 0.4) is 0 Å². The molecule has 0 bridgehead atoms. The summed E-state index contributed by atoms with van der Waals surface area (Å²) in [5.74, 6) is 0. The molecule has 3 nitrogen and oxygen atoms in total. The maximum Gasteiger partial charge on any atom is 0.0703 e. The van der Waals surface area contributed by atoms with Crippen molar-refractivity contribution in [3.05, 3.63) is 36.5 Å². The summed E-state index contributed by atoms with van der Waals surface area (Å²) < 4.78 is 0. The molecule has 2 rings (SSSR count). The molecule has 0 saturated heterocycles. The highest BCUT2D eigenvalue weighted by molar-refractivity contribution is 5.81. The van der Waals surface area contributed by atoms with E-state index in [1.54, 1.807) is 0 Å². The third-order valence-corrected chi connectivity index (χ3v) is 2.80. The zero-order valence-corrected chi connectivity index (χ0v) is 10.0. The van der Waals surface area contributed by atoms with Crippen molar-refractivity contribution in [1.29, 1.82) is 0 Å². The fourth-order valence-electron chi connectivity index (χ4n) is 1.85. The van der Waals surface area contributed by atoms with E-state index in [1.165, 1.54) is 11.8 Å². The lowest BCUT2D eigenvalue weighted by molar-refractivity contribution is 0.707. The van der Waals surface area contributed by atoms with Gasteiger partial charge in [0.1, 0.15) is 0 Å². The first-order chi connectivity index (χ1) is 8.40. The molecule has 3 N–H and O–H groups in total. The van der Waals surface area contributed by atoms with E-state index in [2.05, 4.69) is 22.4 Å². The number of aromatic nitrogens is 1. The zero-order chi connectivity index (χ0) is 11.9. The number of unbranched alkanes of at least 4 members (excludes halogenated alkanes) is 2. The quantitative estimate of drug-likeness (QED) is 0.749. The van der Waals surface area contributed by atoms with Crippen LogP contribution in [0.15, 0.2) is 36.5 Å². The highest BCUT2D eigenvalue weighted by atomic mass is 14.9. The molecule has 0 spiro atoms. The van der Waals surface area contributed by atoms with Crippen LogP contribution in [-0.4, -0.2) is 18.1 Å². The first-order valence-electron chi connectivity index (χ1n) is 6.19. The molecular formula is C14H19N3. The Bertz CT molecular complexity index is 468. The lowest BCUT2D eigenvalue weighted by Crippen LogP contribution is -2.04. The second kappa shape index (κ2) is 6.21. The van der Waals surface area contributed by atoms with Crippen molar-refractivity contribution in [1.82, 2.24) is 4.98 Å². The Labute approximate surface area is 102 Å². The molecule has 0 saturated carbocycles. The average Bonchev–Trinajstić information content (AvgIpc) is 2.38. The van der Waals surface area contributed by atoms with Gasteiger partial charge in [0.25, 0.3) is 0 Å². The Hall–Kier alpha value is -1.61. The van der Waals surface area contributed by atoms with Crippen LogP contribution in [-0.2, 0) is 0 Å². The van der Waals surface area contributed by atoms with E-state index in [0.717, 1.165) is 37.1 Å². The second-order valence-corrected chi connectivity index (χ2v) is 4.19. The number of nitrogens with zero attached hydrogens (tertiary/aromatic N) is 1. The molecule has 0 amide bonds. The maximum absolute atomic E-state index is 5.45. The number of para-hydroxylation sites is 1. The third-order valence-electron chi connectivity index (χ3n) is 2.80. The van der Waals surface area contributed by atoms with E-state index < -0.39 is 0 Å². The summed E-state index contributed by atoms with van der Waals surface area (Å²) in [6, 6.07) is 10.3. The smallest absolute Gasteiger partial charge is 0.0703 e. The number of nitrogens with two attached hydrogens (primary N) is 1. The van der Waals surface area contributed by atoms with Gasteiger partial charge in [-0.15, -0.1) is 0 Å². The zero-order valence-electron chi connectivity index (χ0n) is 10.0. The van der Waals surface area contributed by atoms with Gasteiger partial charge < -0.3 is 11.1 Å². The van der Waals surface area contributed by atoms with Crippen LogP contribution in [0, 0.1) is 0 Å². The van der Waals surface area contributed by atoms with Crippen molar-refractivity contribution >= 4 is 16.6 Å². The number of nitrogens with one attached hydrogen (secondary N) is 1. The van der Waals surface area contributed by atoms with E-state index in [0.29, 0.717) is 0 Å². The molecule has 0 fully saturated rings. The first-order valence-corrected chi connectivity index (χ1v) is 6.19. The third kappa shape index (κ3) is 3.43. The molecular weight excluding hydrogens is 210 g/mol. The molecule has 1 heterocycles. The van der Waals surface area contributed by atoms with Crippen LogP contribution in [0.25, 0.3) is 10.9 Å². The van der Waals surface area contributed by atoms with Crippen molar-refractivity contribution in [2.24, 2.45) is 5.73 Å². The van der Waals surface area contributed by atoms with E-state index in [9.17, 15) is 0 Å². The standard InChI is InChI=1S/C14H19N3/c15-8-4-1-5-9-16-13-10-12-6-2-3-7-14(12)17-11-13/h2-3,6-7,10-11,16H,1,4-5,8-9,15H2. The molecule has 0 radical (unpaired) electrons. The molecule has 2 aromatic rings. The van der Waals surface area contributed by atoms with Crippen molar-refractivity contribution in [2.75, 3.05) is 18.4 Å². The van der Waals surface area contributed by atoms with Gasteiger partial charge in [-0.2, -0.15) is 0 Å². The SMILES string of the molecule is NCCCCCNc1cnc2ccccc2c1. The lowest BCUT2D eigenvalue weighted by Gasteiger charge is -2.06. The summed E-state index contributed by atoms with van der Waals surface area (Å²) in [4.78, 5) is 4.41. The van der Waals surface area contributed by atoms with E-state index in [4.69, 9.17) is 5.73 Å². The highest BCUT2D eigenvalue weighted by Gasteiger charge is 1.96. The summed E-state index contributed by atoms with van der Waals surface area (Å²) in [6.07, 6.45) is 5.34. The van der Waals surface area contributed by atoms with Crippen molar-refractivity contribution in [3.8, 4) is 0 Å². The number of rotatable bonds is 6. The Morgan fingerprint density at radius 3 is 2.88 bits per heavy atom. The number of hydrogen-bond acceptors (Lipinski definition) is 3. The van der Waals surface area contributed by atoms with Gasteiger partial charge in [0.05, 0.1) is 17.4 Å². The largest absolute Gasteiger partial charge is 0.384 e. The minimum atomic E-state index is 0.789. The summed E-state index contributed by atoms with van der Waals surface area (Å²) in [5.41, 5.74) is 7.59. The van der Waals surface area contributed by atoms with Crippen molar-refractivity contribution in [3.63, 3.8) is 0 Å². The lowest BCUT2D eigenvalue weighted by atomic mass is 10.2. The van der Waals surface area contributed by atoms with Gasteiger partial charge in [-0.25, -0.2) is 0 Å². The van der Waals surface area contributed by atoms with Crippen LogP contribution in [0.1, 0.15) is 19.3 Å². The molecule has 3 heteroatoms. The summed E-state index contributed by atoms with van der Waals surface area (Å²) in [6.45, 7) is 1.78. The highest BCUT2D eigenvalue weighted by Crippen LogP contribution is 2.15. The van der Waals surface area contributed by atoms with Crippen molar-refractivity contribution in [2.45, 2.75) is 19.3 Å². The van der Waals surface area contributed by atoms with Gasteiger partial charge in [0.15, 0.2) is 0 Å². The number of pyridine rings is 1. The van der Waals surface area contributed by atoms with Crippen LogP contribution < -0.4 is 11.1 Å². The molecule has 1 aromatic carbocycles. The van der Waals surface area contributed by atoms with E-state index >= 15 is 0 Å².